The zero-order valence-electron chi connectivity index (χ0n) is 14.8. The number of nitriles is 1. The van der Waals surface area contributed by atoms with Gasteiger partial charge in [0.2, 0.25) is 5.88 Å². The van der Waals surface area contributed by atoms with Crippen molar-refractivity contribution >= 4 is 35.5 Å². The number of hydrogen-bond acceptors (Lipinski definition) is 6. The van der Waals surface area contributed by atoms with Crippen molar-refractivity contribution in [3.05, 3.63) is 28.5 Å². The molecule has 0 radical (unpaired) electrons. The summed E-state index contributed by atoms with van der Waals surface area (Å²) >= 11 is 3.33. The molecule has 0 saturated heterocycles. The number of ether oxygens (including phenoxy) is 2. The van der Waals surface area contributed by atoms with E-state index in [4.69, 9.17) is 9.47 Å². The number of nitrogens with zero attached hydrogens (tertiary/aromatic N) is 4. The molecule has 2 aromatic heterocycles. The summed E-state index contributed by atoms with van der Waals surface area (Å²) in [6.45, 7) is 7.86. The largest absolute Gasteiger partial charge is 0.481 e. The lowest BCUT2D eigenvalue weighted by atomic mass is 10.3. The number of pyridine rings is 1. The van der Waals surface area contributed by atoms with Crippen LogP contribution in [0.2, 0.25) is 25.7 Å². The highest BCUT2D eigenvalue weighted by molar-refractivity contribution is 9.10. The van der Waals surface area contributed by atoms with Crippen molar-refractivity contribution in [1.82, 2.24) is 14.8 Å². The van der Waals surface area contributed by atoms with Crippen LogP contribution in [0.3, 0.4) is 0 Å². The summed E-state index contributed by atoms with van der Waals surface area (Å²) in [7, 11) is 0.410. The van der Waals surface area contributed by atoms with Crippen molar-refractivity contribution in [3.8, 4) is 11.9 Å². The van der Waals surface area contributed by atoms with Crippen LogP contribution in [0.5, 0.6) is 5.88 Å². The van der Waals surface area contributed by atoms with E-state index in [1.54, 1.807) is 30.1 Å². The van der Waals surface area contributed by atoms with Crippen LogP contribution in [0.25, 0.3) is 0 Å². The first-order chi connectivity index (χ1) is 11.8. The van der Waals surface area contributed by atoms with Gasteiger partial charge in [0.15, 0.2) is 5.82 Å². The van der Waals surface area contributed by atoms with E-state index in [9.17, 15) is 5.26 Å². The second-order valence-electron chi connectivity index (χ2n) is 6.69. The van der Waals surface area contributed by atoms with Gasteiger partial charge < -0.3 is 14.8 Å². The minimum atomic E-state index is -1.15. The summed E-state index contributed by atoms with van der Waals surface area (Å²) in [5.74, 6) is 1.05. The molecule has 134 valence electrons. The number of methoxy groups -OCH3 is 1. The number of hydrogen-bond donors (Lipinski definition) is 1. The number of rotatable bonds is 8. The molecule has 2 heterocycles. The average Bonchev–Trinajstić information content (AvgIpc) is 2.85. The van der Waals surface area contributed by atoms with Crippen molar-refractivity contribution in [2.24, 2.45) is 0 Å². The van der Waals surface area contributed by atoms with Crippen molar-refractivity contribution in [3.63, 3.8) is 0 Å². The van der Waals surface area contributed by atoms with Gasteiger partial charge >= 0.3 is 0 Å². The summed E-state index contributed by atoms with van der Waals surface area (Å²) in [4.78, 5) is 4.07. The maximum Gasteiger partial charge on any atom is 0.214 e. The molecule has 2 rings (SSSR count). The first-order valence-corrected chi connectivity index (χ1v) is 12.4. The third-order valence-electron chi connectivity index (χ3n) is 3.44. The van der Waals surface area contributed by atoms with Crippen LogP contribution in [0.15, 0.2) is 22.9 Å². The molecule has 0 atom stereocenters. The Balaban J connectivity index is 2.16. The molecular formula is C16H22BrN5O2Si. The Hall–Kier alpha value is -1.89. The topological polar surface area (TPSA) is 85.0 Å². The van der Waals surface area contributed by atoms with Crippen molar-refractivity contribution < 1.29 is 9.47 Å². The second-order valence-corrected chi connectivity index (χ2v) is 13.1. The average molecular weight is 424 g/mol. The molecule has 25 heavy (non-hydrogen) atoms. The summed E-state index contributed by atoms with van der Waals surface area (Å²) < 4.78 is 13.0. The Kier molecular flexibility index (Phi) is 6.58. The fourth-order valence-electron chi connectivity index (χ4n) is 2.02. The van der Waals surface area contributed by atoms with Gasteiger partial charge in [-0.1, -0.05) is 19.6 Å². The molecule has 1 N–H and O–H groups in total. The highest BCUT2D eigenvalue weighted by Gasteiger charge is 2.17. The van der Waals surface area contributed by atoms with Gasteiger partial charge in [-0.3, -0.25) is 0 Å². The van der Waals surface area contributed by atoms with Crippen LogP contribution in [-0.2, 0) is 11.5 Å². The Morgan fingerprint density at radius 3 is 2.80 bits per heavy atom. The van der Waals surface area contributed by atoms with E-state index in [2.05, 4.69) is 57.0 Å². The molecule has 0 aliphatic rings. The van der Waals surface area contributed by atoms with Crippen LogP contribution >= 0.6 is 15.9 Å². The summed E-state index contributed by atoms with van der Waals surface area (Å²) in [5, 5.41) is 17.0. The maximum absolute atomic E-state index is 9.42. The SMILES string of the molecule is COc1cc(Nc2c(C#N)c(Br)nn2COCC[Si](C)(C)C)ccn1. The molecule has 0 saturated carbocycles. The molecule has 0 bridgehead atoms. The van der Waals surface area contributed by atoms with E-state index in [-0.39, 0.29) is 6.73 Å². The first kappa shape index (κ1) is 19.4. The van der Waals surface area contributed by atoms with Crippen molar-refractivity contribution in [2.75, 3.05) is 19.0 Å². The molecule has 9 heteroatoms. The molecule has 0 amide bonds. The van der Waals surface area contributed by atoms with Gasteiger partial charge in [0, 0.05) is 32.6 Å². The zero-order chi connectivity index (χ0) is 18.4. The minimum Gasteiger partial charge on any atom is -0.481 e. The van der Waals surface area contributed by atoms with Gasteiger partial charge in [0.1, 0.15) is 23.0 Å². The van der Waals surface area contributed by atoms with Crippen LogP contribution in [-0.4, -0.2) is 36.6 Å². The second kappa shape index (κ2) is 8.47. The summed E-state index contributed by atoms with van der Waals surface area (Å²) in [6, 6.07) is 6.77. The minimum absolute atomic E-state index is 0.273. The third kappa shape index (κ3) is 5.56. The third-order valence-corrected chi connectivity index (χ3v) is 5.70. The zero-order valence-corrected chi connectivity index (χ0v) is 17.4. The van der Waals surface area contributed by atoms with Crippen molar-refractivity contribution in [1.29, 1.82) is 5.26 Å². The molecule has 0 aromatic carbocycles. The number of halogens is 1. The highest BCUT2D eigenvalue weighted by atomic mass is 79.9. The van der Waals surface area contributed by atoms with Gasteiger partial charge in [0.25, 0.3) is 0 Å². The quantitative estimate of drug-likeness (QED) is 0.510. The lowest BCUT2D eigenvalue weighted by molar-refractivity contribution is 0.0799. The van der Waals surface area contributed by atoms with E-state index in [0.29, 0.717) is 28.5 Å². The number of anilines is 2. The number of nitrogens with one attached hydrogen (secondary N) is 1. The maximum atomic E-state index is 9.42. The Bertz CT molecular complexity index is 767. The standard InChI is InChI=1S/C16H22BrN5O2Si/c1-23-14-9-12(5-6-19-14)20-16-13(10-18)15(17)21-22(16)11-24-7-8-25(2,3)4/h5-6,9H,7-8,11H2,1-4H3,(H,19,20). The lowest BCUT2D eigenvalue weighted by Crippen LogP contribution is -2.22. The van der Waals surface area contributed by atoms with E-state index >= 15 is 0 Å². The monoisotopic (exact) mass is 423 g/mol. The Morgan fingerprint density at radius 2 is 2.16 bits per heavy atom. The fraction of sp³-hybridized carbons (Fsp3) is 0.438. The van der Waals surface area contributed by atoms with Crippen molar-refractivity contribution in [2.45, 2.75) is 32.4 Å². The molecular weight excluding hydrogens is 402 g/mol. The predicted octanol–water partition coefficient (Wildman–Crippen LogP) is 3.98. The molecule has 0 spiro atoms. The van der Waals surface area contributed by atoms with Gasteiger partial charge in [-0.25, -0.2) is 9.67 Å². The highest BCUT2D eigenvalue weighted by Crippen LogP contribution is 2.28. The van der Waals surface area contributed by atoms with Gasteiger partial charge in [-0.05, 0) is 28.0 Å². The molecule has 0 fully saturated rings. The van der Waals surface area contributed by atoms with Gasteiger partial charge in [0.05, 0.1) is 7.11 Å². The molecule has 0 aliphatic heterocycles. The van der Waals surface area contributed by atoms with E-state index in [1.807, 2.05) is 0 Å². The van der Waals surface area contributed by atoms with Crippen LogP contribution in [0.1, 0.15) is 5.56 Å². The summed E-state index contributed by atoms with van der Waals surface area (Å²) in [5.41, 5.74) is 1.17. The first-order valence-electron chi connectivity index (χ1n) is 7.85. The smallest absolute Gasteiger partial charge is 0.214 e. The molecule has 0 aliphatic carbocycles. The van der Waals surface area contributed by atoms with E-state index < -0.39 is 8.07 Å². The number of aromatic nitrogens is 3. The lowest BCUT2D eigenvalue weighted by Gasteiger charge is -2.16. The fourth-order valence-corrected chi connectivity index (χ4v) is 3.24. The van der Waals surface area contributed by atoms with Gasteiger partial charge in [-0.15, -0.1) is 0 Å². The van der Waals surface area contributed by atoms with Crippen LogP contribution in [0.4, 0.5) is 11.5 Å². The molecule has 2 aromatic rings. The predicted molar refractivity (Wildman–Crippen MR) is 103 cm³/mol. The summed E-state index contributed by atoms with van der Waals surface area (Å²) in [6.07, 6.45) is 1.63. The molecule has 0 unspecified atom stereocenters. The normalized spacial score (nSPS) is 11.2. The Labute approximate surface area is 157 Å². The van der Waals surface area contributed by atoms with E-state index in [0.717, 1.165) is 11.7 Å². The van der Waals surface area contributed by atoms with E-state index in [1.165, 1.54) is 0 Å². The van der Waals surface area contributed by atoms with Crippen LogP contribution < -0.4 is 10.1 Å². The van der Waals surface area contributed by atoms with Gasteiger partial charge in [-0.2, -0.15) is 10.4 Å². The molecule has 7 nitrogen and oxygen atoms in total. The Morgan fingerprint density at radius 1 is 1.40 bits per heavy atom. The van der Waals surface area contributed by atoms with Crippen LogP contribution in [0, 0.1) is 11.3 Å².